The van der Waals surface area contributed by atoms with Crippen LogP contribution in [-0.4, -0.2) is 33.9 Å². The molecule has 0 aromatic carbocycles. The van der Waals surface area contributed by atoms with Gasteiger partial charge in [-0.15, -0.1) is 0 Å². The second-order valence-electron chi connectivity index (χ2n) is 1.47. The normalized spacial score (nSPS) is 18.0. The van der Waals surface area contributed by atoms with E-state index in [-0.39, 0.29) is 11.5 Å². The van der Waals surface area contributed by atoms with Gasteiger partial charge in [-0.3, -0.25) is 0 Å². The standard InChI is InChI=1S/C4H8O2S2/c5-3(1-7)4(6)2-8/h3-6H,1-2H2/t3-,4-/m0/s1. The van der Waals surface area contributed by atoms with E-state index in [4.69, 9.17) is 10.2 Å². The summed E-state index contributed by atoms with van der Waals surface area (Å²) in [5.74, 6) is 0.301. The van der Waals surface area contributed by atoms with Gasteiger partial charge in [0.2, 0.25) is 0 Å². The molecule has 0 bridgehead atoms. The highest BCUT2D eigenvalue weighted by molar-refractivity contribution is 7.80. The maximum absolute atomic E-state index is 8.71. The van der Waals surface area contributed by atoms with Crippen molar-refractivity contribution in [3.63, 3.8) is 0 Å². The van der Waals surface area contributed by atoms with Gasteiger partial charge in [0.05, 0.1) is 12.2 Å². The van der Waals surface area contributed by atoms with Crippen LogP contribution in [0.1, 0.15) is 0 Å². The van der Waals surface area contributed by atoms with Crippen LogP contribution in [0.4, 0.5) is 0 Å². The van der Waals surface area contributed by atoms with Crippen LogP contribution in [0.3, 0.4) is 0 Å². The van der Waals surface area contributed by atoms with Gasteiger partial charge in [-0.05, 0) is 0 Å². The Hall–Kier alpha value is 0.620. The third kappa shape index (κ3) is 2.81. The first-order valence-electron chi connectivity index (χ1n) is 2.24. The first-order valence-corrected chi connectivity index (χ1v) is 3.40. The van der Waals surface area contributed by atoms with Gasteiger partial charge in [0.15, 0.2) is 0 Å². The van der Waals surface area contributed by atoms with E-state index in [2.05, 4.69) is 25.3 Å². The van der Waals surface area contributed by atoms with Crippen molar-refractivity contribution in [1.82, 2.24) is 0 Å². The van der Waals surface area contributed by atoms with E-state index in [0.29, 0.717) is 0 Å². The van der Waals surface area contributed by atoms with Crippen LogP contribution in [0.2, 0.25) is 0 Å². The lowest BCUT2D eigenvalue weighted by Gasteiger charge is -2.10. The summed E-state index contributed by atoms with van der Waals surface area (Å²) < 4.78 is 0. The molecule has 2 nitrogen and oxygen atoms in total. The fourth-order valence-electron chi connectivity index (χ4n) is 0.222. The lowest BCUT2D eigenvalue weighted by atomic mass is 10.3. The average Bonchev–Trinajstić information content (AvgIpc) is 1.84. The van der Waals surface area contributed by atoms with E-state index < -0.39 is 12.2 Å². The maximum Gasteiger partial charge on any atom is 0.0906 e. The Morgan fingerprint density at radius 1 is 1.00 bits per heavy atom. The molecule has 0 aliphatic heterocycles. The van der Waals surface area contributed by atoms with Gasteiger partial charge < -0.3 is 10.2 Å². The number of rotatable bonds is 3. The van der Waals surface area contributed by atoms with E-state index in [1.807, 2.05) is 0 Å². The van der Waals surface area contributed by atoms with Crippen LogP contribution in [0, 0.1) is 0 Å². The highest BCUT2D eigenvalue weighted by Gasteiger charge is 2.11. The molecule has 2 N–H and O–H groups in total. The number of hydrogen-bond acceptors (Lipinski definition) is 2. The van der Waals surface area contributed by atoms with Crippen LogP contribution >= 0.6 is 25.3 Å². The third-order valence-electron chi connectivity index (χ3n) is 0.786. The van der Waals surface area contributed by atoms with Gasteiger partial charge in [0, 0.05) is 11.5 Å². The molecule has 0 rings (SSSR count). The van der Waals surface area contributed by atoms with Gasteiger partial charge in [-0.1, -0.05) is 25.3 Å². The van der Waals surface area contributed by atoms with Gasteiger partial charge in [-0.25, -0.2) is 0 Å². The minimum Gasteiger partial charge on any atom is -0.390 e. The summed E-state index contributed by atoms with van der Waals surface area (Å²) in [6.45, 7) is 0. The van der Waals surface area contributed by atoms with Crippen molar-refractivity contribution in [3.8, 4) is 0 Å². The zero-order valence-corrected chi connectivity index (χ0v) is 5.91. The number of hydrogen-bond donors (Lipinski definition) is 2. The monoisotopic (exact) mass is 152 g/mol. The molecular weight excluding hydrogens is 144 g/mol. The lowest BCUT2D eigenvalue weighted by Crippen LogP contribution is -2.28. The Balaban J connectivity index is 3.29. The number of aliphatic hydroxyl groups excluding tert-OH is 2. The zero-order chi connectivity index (χ0) is 6.57. The molecule has 2 atom stereocenters. The Bertz CT molecular complexity index is 52.0. The summed E-state index contributed by atoms with van der Waals surface area (Å²) in [4.78, 5) is 0. The molecule has 0 fully saturated rings. The first kappa shape index (κ1) is 8.62. The summed E-state index contributed by atoms with van der Waals surface area (Å²) in [5.41, 5.74) is 0. The van der Waals surface area contributed by atoms with Gasteiger partial charge in [0.1, 0.15) is 0 Å². The van der Waals surface area contributed by atoms with Crippen molar-refractivity contribution in [1.29, 1.82) is 0 Å². The molecule has 0 aliphatic carbocycles. The van der Waals surface area contributed by atoms with E-state index >= 15 is 0 Å². The Kier molecular flexibility index (Phi) is 4.84. The smallest absolute Gasteiger partial charge is 0.0906 e. The summed E-state index contributed by atoms with van der Waals surface area (Å²) >= 11 is 8.92. The fraction of sp³-hybridized carbons (Fsp3) is 1.00. The molecule has 0 heterocycles. The quantitative estimate of drug-likeness (QED) is 0.602. The molecule has 8 heavy (non-hydrogen) atoms. The summed E-state index contributed by atoms with van der Waals surface area (Å²) in [6.07, 6.45) is -1.63. The Morgan fingerprint density at radius 3 is 1.38 bits per heavy atom. The van der Waals surface area contributed by atoms with Crippen molar-refractivity contribution in [2.24, 2.45) is 0 Å². The minimum atomic E-state index is -0.817. The summed E-state index contributed by atoms with van der Waals surface area (Å²) in [6, 6.07) is 0. The van der Waals surface area contributed by atoms with Crippen LogP contribution in [0.5, 0.6) is 0 Å². The number of aliphatic hydroxyl groups is 2. The molecule has 0 aromatic rings. The van der Waals surface area contributed by atoms with E-state index in [0.717, 1.165) is 0 Å². The molecule has 48 valence electrons. The second-order valence-corrected chi connectivity index (χ2v) is 2.13. The molecular formula is C4H8O2S2. The van der Waals surface area contributed by atoms with Crippen LogP contribution in [-0.2, 0) is 0 Å². The van der Waals surface area contributed by atoms with Crippen LogP contribution in [0.15, 0.2) is 0 Å². The molecule has 4 heteroatoms. The summed E-state index contributed by atoms with van der Waals surface area (Å²) in [7, 11) is 0. The minimum absolute atomic E-state index is 0.151. The molecule has 0 spiro atoms. The zero-order valence-electron chi connectivity index (χ0n) is 4.28. The molecule has 0 amide bonds. The average molecular weight is 152 g/mol. The molecule has 0 saturated carbocycles. The fourth-order valence-corrected chi connectivity index (χ4v) is 0.666. The van der Waals surface area contributed by atoms with Crippen molar-refractivity contribution in [2.75, 3.05) is 11.5 Å². The highest BCUT2D eigenvalue weighted by Crippen LogP contribution is 1.96. The maximum atomic E-state index is 8.71. The Labute approximate surface area is 59.7 Å². The third-order valence-corrected chi connectivity index (χ3v) is 1.47. The van der Waals surface area contributed by atoms with Crippen molar-refractivity contribution in [2.45, 2.75) is 12.2 Å². The molecule has 0 aliphatic rings. The van der Waals surface area contributed by atoms with Gasteiger partial charge in [0.25, 0.3) is 0 Å². The van der Waals surface area contributed by atoms with E-state index in [9.17, 15) is 0 Å². The van der Waals surface area contributed by atoms with Crippen molar-refractivity contribution >= 4 is 25.3 Å². The molecule has 2 radical (unpaired) electrons. The highest BCUT2D eigenvalue weighted by atomic mass is 32.1. The molecule has 0 aromatic heterocycles. The molecule has 0 saturated heterocycles. The van der Waals surface area contributed by atoms with Crippen LogP contribution < -0.4 is 0 Å². The summed E-state index contributed by atoms with van der Waals surface area (Å²) in [5, 5.41) is 17.4. The first-order chi connectivity index (χ1) is 3.72. The predicted octanol–water partition coefficient (Wildman–Crippen LogP) is 0.103. The largest absolute Gasteiger partial charge is 0.390 e. The molecule has 0 unspecified atom stereocenters. The van der Waals surface area contributed by atoms with Gasteiger partial charge >= 0.3 is 0 Å². The topological polar surface area (TPSA) is 40.5 Å². The Morgan fingerprint density at radius 2 is 1.25 bits per heavy atom. The second kappa shape index (κ2) is 4.49. The lowest BCUT2D eigenvalue weighted by molar-refractivity contribution is 0.0504. The van der Waals surface area contributed by atoms with Crippen LogP contribution in [0.25, 0.3) is 0 Å². The predicted molar refractivity (Wildman–Crippen MR) is 36.9 cm³/mol. The van der Waals surface area contributed by atoms with E-state index in [1.165, 1.54) is 0 Å². The van der Waals surface area contributed by atoms with Crippen molar-refractivity contribution in [3.05, 3.63) is 0 Å². The van der Waals surface area contributed by atoms with Crippen molar-refractivity contribution < 1.29 is 10.2 Å². The van der Waals surface area contributed by atoms with E-state index in [1.54, 1.807) is 0 Å². The van der Waals surface area contributed by atoms with Gasteiger partial charge in [-0.2, -0.15) is 0 Å². The SMILES string of the molecule is O[C@@H](C[S])[C@@H](O)C[S].